The van der Waals surface area contributed by atoms with E-state index in [1.165, 1.54) is 11.6 Å². The average molecular weight is 434 g/mol. The van der Waals surface area contributed by atoms with Crippen LogP contribution in [-0.2, 0) is 11.2 Å². The summed E-state index contributed by atoms with van der Waals surface area (Å²) < 4.78 is 20.8. The van der Waals surface area contributed by atoms with Gasteiger partial charge >= 0.3 is 0 Å². The van der Waals surface area contributed by atoms with E-state index in [9.17, 15) is 9.18 Å². The molecule has 1 fully saturated rings. The molecule has 0 unspecified atom stereocenters. The molecule has 3 rings (SSSR count). The predicted octanol–water partition coefficient (Wildman–Crippen LogP) is 5.21. The molecule has 1 amide bonds. The Bertz CT molecular complexity index is 816. The first kappa shape index (κ1) is 19.9. The molecular formula is C22H25BrFNO2. The van der Waals surface area contributed by atoms with E-state index in [0.29, 0.717) is 36.0 Å². The first-order valence-electron chi connectivity index (χ1n) is 9.38. The number of piperidine rings is 1. The van der Waals surface area contributed by atoms with E-state index < -0.39 is 0 Å². The number of ether oxygens (including phenoxy) is 1. The summed E-state index contributed by atoms with van der Waals surface area (Å²) in [6.07, 6.45) is 2.55. The van der Waals surface area contributed by atoms with Gasteiger partial charge in [-0.25, -0.2) is 4.39 Å². The Hall–Kier alpha value is -1.88. The number of rotatable bonds is 5. The smallest absolute Gasteiger partial charge is 0.222 e. The Balaban J connectivity index is 1.48. The van der Waals surface area contributed by atoms with Crippen molar-refractivity contribution in [2.24, 2.45) is 0 Å². The van der Waals surface area contributed by atoms with Crippen LogP contribution in [0.2, 0.25) is 0 Å². The van der Waals surface area contributed by atoms with Crippen LogP contribution in [0, 0.1) is 19.7 Å². The minimum absolute atomic E-state index is 0.0857. The van der Waals surface area contributed by atoms with Gasteiger partial charge in [0.05, 0.1) is 0 Å². The maximum absolute atomic E-state index is 13.9. The molecule has 5 heteroatoms. The van der Waals surface area contributed by atoms with Gasteiger partial charge < -0.3 is 9.64 Å². The van der Waals surface area contributed by atoms with Gasteiger partial charge in [0, 0.05) is 36.8 Å². The molecule has 0 N–H and O–H groups in total. The highest BCUT2D eigenvalue weighted by Gasteiger charge is 2.24. The lowest BCUT2D eigenvalue weighted by molar-refractivity contribution is -0.132. The van der Waals surface area contributed by atoms with Gasteiger partial charge in [0.25, 0.3) is 0 Å². The van der Waals surface area contributed by atoms with Crippen LogP contribution in [-0.4, -0.2) is 30.0 Å². The van der Waals surface area contributed by atoms with Crippen molar-refractivity contribution in [3.8, 4) is 5.75 Å². The zero-order chi connectivity index (χ0) is 19.4. The Morgan fingerprint density at radius 2 is 1.93 bits per heavy atom. The Kier molecular flexibility index (Phi) is 6.53. The maximum Gasteiger partial charge on any atom is 0.222 e. The van der Waals surface area contributed by atoms with Crippen molar-refractivity contribution in [1.82, 2.24) is 4.90 Å². The molecule has 144 valence electrons. The zero-order valence-electron chi connectivity index (χ0n) is 15.8. The number of hydrogen-bond acceptors (Lipinski definition) is 2. The highest BCUT2D eigenvalue weighted by Crippen LogP contribution is 2.24. The molecule has 0 atom stereocenters. The molecule has 2 aromatic carbocycles. The molecule has 2 aromatic rings. The number of likely N-dealkylation sites (tertiary alicyclic amines) is 1. The predicted molar refractivity (Wildman–Crippen MR) is 109 cm³/mol. The van der Waals surface area contributed by atoms with Crippen molar-refractivity contribution < 1.29 is 13.9 Å². The summed E-state index contributed by atoms with van der Waals surface area (Å²) in [4.78, 5) is 14.3. The van der Waals surface area contributed by atoms with E-state index in [-0.39, 0.29) is 17.8 Å². The van der Waals surface area contributed by atoms with Crippen LogP contribution in [0.3, 0.4) is 0 Å². The number of carbonyl (C=O) groups is 1. The molecule has 1 aliphatic heterocycles. The van der Waals surface area contributed by atoms with Gasteiger partial charge in [-0.3, -0.25) is 4.79 Å². The third-order valence-electron chi connectivity index (χ3n) is 5.06. The van der Waals surface area contributed by atoms with Gasteiger partial charge in [0.2, 0.25) is 5.91 Å². The standard InChI is InChI=1S/C22H25BrFNO2/c1-15-3-4-16(2)21(13-15)27-19-9-11-25(12-10-19)22(26)8-6-17-5-7-18(23)14-20(17)24/h3-5,7,13-14,19H,6,8-12H2,1-2H3. The molecule has 1 aliphatic rings. The monoisotopic (exact) mass is 433 g/mol. The van der Waals surface area contributed by atoms with Crippen molar-refractivity contribution in [2.75, 3.05) is 13.1 Å². The van der Waals surface area contributed by atoms with Crippen LogP contribution in [0.25, 0.3) is 0 Å². The van der Waals surface area contributed by atoms with Crippen LogP contribution >= 0.6 is 15.9 Å². The molecule has 0 aromatic heterocycles. The summed E-state index contributed by atoms with van der Waals surface area (Å²) in [7, 11) is 0. The number of hydrogen-bond donors (Lipinski definition) is 0. The van der Waals surface area contributed by atoms with Gasteiger partial charge in [0.15, 0.2) is 0 Å². The van der Waals surface area contributed by atoms with Gasteiger partial charge in [-0.1, -0.05) is 34.1 Å². The molecule has 0 aliphatic carbocycles. The van der Waals surface area contributed by atoms with Gasteiger partial charge in [-0.15, -0.1) is 0 Å². The zero-order valence-corrected chi connectivity index (χ0v) is 17.4. The van der Waals surface area contributed by atoms with Crippen LogP contribution in [0.4, 0.5) is 4.39 Å². The van der Waals surface area contributed by atoms with Crippen molar-refractivity contribution in [3.63, 3.8) is 0 Å². The maximum atomic E-state index is 13.9. The molecule has 0 radical (unpaired) electrons. The summed E-state index contributed by atoms with van der Waals surface area (Å²) >= 11 is 3.25. The first-order chi connectivity index (χ1) is 12.9. The molecule has 3 nitrogen and oxygen atoms in total. The molecule has 27 heavy (non-hydrogen) atoms. The Morgan fingerprint density at radius 3 is 2.63 bits per heavy atom. The van der Waals surface area contributed by atoms with Crippen LogP contribution in [0.15, 0.2) is 40.9 Å². The van der Waals surface area contributed by atoms with Gasteiger partial charge in [-0.05, 0) is 55.2 Å². The fraction of sp³-hybridized carbons (Fsp3) is 0.409. The lowest BCUT2D eigenvalue weighted by Gasteiger charge is -2.32. The van der Waals surface area contributed by atoms with Crippen LogP contribution in [0.5, 0.6) is 5.75 Å². The highest BCUT2D eigenvalue weighted by molar-refractivity contribution is 9.10. The Labute approximate surface area is 168 Å². The quantitative estimate of drug-likeness (QED) is 0.647. The van der Waals surface area contributed by atoms with Crippen LogP contribution < -0.4 is 4.74 Å². The summed E-state index contributed by atoms with van der Waals surface area (Å²) in [5.74, 6) is 0.755. The Morgan fingerprint density at radius 1 is 1.19 bits per heavy atom. The van der Waals surface area contributed by atoms with E-state index in [2.05, 4.69) is 48.0 Å². The number of carbonyl (C=O) groups excluding carboxylic acids is 1. The number of benzene rings is 2. The summed E-state index contributed by atoms with van der Waals surface area (Å²) in [6.45, 7) is 5.49. The lowest BCUT2D eigenvalue weighted by Crippen LogP contribution is -2.41. The average Bonchev–Trinajstić information content (AvgIpc) is 2.64. The number of halogens is 2. The van der Waals surface area contributed by atoms with E-state index >= 15 is 0 Å². The van der Waals surface area contributed by atoms with Gasteiger partial charge in [-0.2, -0.15) is 0 Å². The number of amides is 1. The number of nitrogens with zero attached hydrogens (tertiary/aromatic N) is 1. The number of aryl methyl sites for hydroxylation is 3. The van der Waals surface area contributed by atoms with Crippen molar-refractivity contribution in [3.05, 3.63) is 63.4 Å². The first-order valence-corrected chi connectivity index (χ1v) is 10.2. The normalized spacial score (nSPS) is 15.0. The second-order valence-electron chi connectivity index (χ2n) is 7.20. The fourth-order valence-electron chi connectivity index (χ4n) is 3.36. The molecule has 0 spiro atoms. The third-order valence-corrected chi connectivity index (χ3v) is 5.55. The van der Waals surface area contributed by atoms with E-state index in [1.807, 2.05) is 4.90 Å². The second kappa shape index (κ2) is 8.87. The largest absolute Gasteiger partial charge is 0.490 e. The van der Waals surface area contributed by atoms with Crippen molar-refractivity contribution in [1.29, 1.82) is 0 Å². The fourth-order valence-corrected chi connectivity index (χ4v) is 3.69. The topological polar surface area (TPSA) is 29.5 Å². The van der Waals surface area contributed by atoms with E-state index in [0.717, 1.165) is 24.2 Å². The minimum atomic E-state index is -0.266. The summed E-state index contributed by atoms with van der Waals surface area (Å²) in [5.41, 5.74) is 2.90. The summed E-state index contributed by atoms with van der Waals surface area (Å²) in [6, 6.07) is 11.2. The third kappa shape index (κ3) is 5.32. The highest BCUT2D eigenvalue weighted by atomic mass is 79.9. The molecule has 1 heterocycles. The lowest BCUT2D eigenvalue weighted by atomic mass is 10.0. The van der Waals surface area contributed by atoms with E-state index in [1.54, 1.807) is 12.1 Å². The molecular weight excluding hydrogens is 409 g/mol. The molecule has 0 saturated carbocycles. The van der Waals surface area contributed by atoms with Crippen molar-refractivity contribution >= 4 is 21.8 Å². The van der Waals surface area contributed by atoms with E-state index in [4.69, 9.17) is 4.74 Å². The minimum Gasteiger partial charge on any atom is -0.490 e. The second-order valence-corrected chi connectivity index (χ2v) is 8.12. The van der Waals surface area contributed by atoms with Gasteiger partial charge in [0.1, 0.15) is 17.7 Å². The SMILES string of the molecule is Cc1ccc(C)c(OC2CCN(C(=O)CCc3ccc(Br)cc3F)CC2)c1. The summed E-state index contributed by atoms with van der Waals surface area (Å²) in [5, 5.41) is 0. The van der Waals surface area contributed by atoms with Crippen LogP contribution in [0.1, 0.15) is 36.0 Å². The van der Waals surface area contributed by atoms with Crippen molar-refractivity contribution in [2.45, 2.75) is 45.6 Å². The molecule has 1 saturated heterocycles. The molecule has 0 bridgehead atoms.